The normalized spacial score (nSPS) is 65.8. The fourth-order valence-corrected chi connectivity index (χ4v) is 95.4. The molecule has 0 aromatic rings. The third-order valence-electron chi connectivity index (χ3n) is 2.47. The number of hydrogen-bond acceptors (Lipinski definition) is 6. The molecule has 0 atom stereocenters. The first kappa shape index (κ1) is 12.1. The molecular weight excluding hydrogens is 345 g/mol. The first-order chi connectivity index (χ1) is 6.24. The molecule has 0 radical (unpaired) electrons. The van der Waals surface area contributed by atoms with Gasteiger partial charge >= 0.3 is 0 Å². The predicted octanol–water partition coefficient (Wildman–Crippen LogP) is 5.16. The van der Waals surface area contributed by atoms with Crippen LogP contribution in [0.15, 0.2) is 0 Å². The molecule has 14 heavy (non-hydrogen) atoms. The highest BCUT2D eigenvalue weighted by atomic mass is 33.7. The largest absolute Gasteiger partial charge is 0.0736 e. The maximum absolute atomic E-state index is 5.85. The van der Waals surface area contributed by atoms with Crippen LogP contribution >= 0.6 is 46.3 Å². The van der Waals surface area contributed by atoms with Crippen molar-refractivity contribution in [3.63, 3.8) is 0 Å². The van der Waals surface area contributed by atoms with E-state index >= 15 is 0 Å². The summed E-state index contributed by atoms with van der Waals surface area (Å²) in [5.41, 5.74) is 0.461. The van der Waals surface area contributed by atoms with Gasteiger partial charge in [0.05, 0.1) is 13.3 Å². The molecule has 4 heterocycles. The van der Waals surface area contributed by atoms with Crippen LogP contribution in [0.2, 0.25) is 0 Å². The molecule has 0 nitrogen and oxygen atoms in total. The van der Waals surface area contributed by atoms with Gasteiger partial charge in [-0.05, 0) is 5.41 Å². The molecule has 80 valence electrons. The molecule has 0 aromatic carbocycles. The molecule has 4 aliphatic heterocycles. The molecule has 0 unspecified atom stereocenters. The van der Waals surface area contributed by atoms with Crippen LogP contribution in [0, 0.1) is 5.41 Å². The van der Waals surface area contributed by atoms with Gasteiger partial charge in [0.15, 0.2) is 0 Å². The zero-order valence-corrected chi connectivity index (χ0v) is 15.0. The lowest BCUT2D eigenvalue weighted by atomic mass is 9.99. The van der Waals surface area contributed by atoms with Gasteiger partial charge in [-0.3, -0.25) is 0 Å². The predicted molar refractivity (Wildman–Crippen MR) is 88.3 cm³/mol. The van der Waals surface area contributed by atoms with Crippen molar-refractivity contribution in [3.05, 3.63) is 0 Å². The maximum Gasteiger partial charge on any atom is 0.0689 e. The van der Waals surface area contributed by atoms with E-state index in [0.29, 0.717) is 5.41 Å². The molecule has 4 aliphatic rings. The Kier molecular flexibility index (Phi) is 2.85. The zero-order chi connectivity index (χ0) is 10.2. The Morgan fingerprint density at radius 2 is 1.14 bits per heavy atom. The average molecular weight is 354 g/mol. The lowest BCUT2D eigenvalue weighted by Gasteiger charge is -2.57. The molecule has 0 aliphatic carbocycles. The third kappa shape index (κ3) is 1.93. The summed E-state index contributed by atoms with van der Waals surface area (Å²) < 4.78 is -3.69. The van der Waals surface area contributed by atoms with Gasteiger partial charge in [0.1, 0.15) is 0 Å². The highest BCUT2D eigenvalue weighted by molar-refractivity contribution is 9.46. The van der Waals surface area contributed by atoms with Crippen LogP contribution in [-0.2, 0) is 35.4 Å². The van der Waals surface area contributed by atoms with Crippen molar-refractivity contribution in [2.45, 2.75) is 6.92 Å². The summed E-state index contributed by atoms with van der Waals surface area (Å²) in [6, 6.07) is 0. The molecule has 0 N–H and O–H groups in total. The fraction of sp³-hybridized carbons (Fsp3) is 1.00. The Hall–Kier alpha value is 3.00. The summed E-state index contributed by atoms with van der Waals surface area (Å²) in [4.78, 5) is 0. The average Bonchev–Trinajstić information content (AvgIpc) is 1.67. The van der Waals surface area contributed by atoms with Crippen LogP contribution in [0.3, 0.4) is 0 Å². The van der Waals surface area contributed by atoms with Crippen LogP contribution in [0.25, 0.3) is 0 Å². The van der Waals surface area contributed by atoms with E-state index in [1.807, 2.05) is 33.0 Å². The van der Waals surface area contributed by atoms with Gasteiger partial charge in [0.25, 0.3) is 0 Å². The molecule has 4 rings (SSSR count). The van der Waals surface area contributed by atoms with Gasteiger partial charge in [-0.15, -0.1) is 0 Å². The summed E-state index contributed by atoms with van der Waals surface area (Å²) in [7, 11) is 0. The second-order valence-electron chi connectivity index (χ2n) is 4.36. The monoisotopic (exact) mass is 354 g/mol. The van der Waals surface area contributed by atoms with Crippen molar-refractivity contribution in [2.24, 2.45) is 5.41 Å². The van der Waals surface area contributed by atoms with Crippen LogP contribution < -0.4 is 0 Å². The van der Waals surface area contributed by atoms with Crippen molar-refractivity contribution in [3.8, 4) is 0 Å². The molecule has 0 saturated carbocycles. The minimum Gasteiger partial charge on any atom is -0.0736 e. The van der Waals surface area contributed by atoms with E-state index < -0.39 is 13.3 Å². The van der Waals surface area contributed by atoms with Gasteiger partial charge in [-0.1, -0.05) is 75.3 Å². The highest BCUT2D eigenvalue weighted by Crippen LogP contribution is 3.11. The van der Waals surface area contributed by atoms with Gasteiger partial charge < -0.3 is 0 Å². The van der Waals surface area contributed by atoms with E-state index in [-0.39, 0.29) is 0 Å². The van der Waals surface area contributed by atoms with Crippen LogP contribution in [0.4, 0.5) is 0 Å². The summed E-state index contributed by atoms with van der Waals surface area (Å²) in [6.07, 6.45) is 3.80. The Bertz CT molecular complexity index is 372. The van der Waals surface area contributed by atoms with Crippen molar-refractivity contribution in [1.82, 2.24) is 0 Å². The summed E-state index contributed by atoms with van der Waals surface area (Å²) in [5.74, 6) is 0. The fourth-order valence-electron chi connectivity index (χ4n) is 2.34. The quantitative estimate of drug-likeness (QED) is 0.547. The van der Waals surface area contributed by atoms with Gasteiger partial charge in [-0.2, -0.15) is 0 Å². The first-order valence-corrected chi connectivity index (χ1v) is 19.2. The van der Waals surface area contributed by atoms with Gasteiger partial charge in [0, 0.05) is 18.5 Å². The van der Waals surface area contributed by atoms with E-state index in [1.165, 1.54) is 18.5 Å². The zero-order valence-electron chi connectivity index (χ0n) is 7.41. The third-order valence-corrected chi connectivity index (χ3v) is 50.4. The lowest BCUT2D eigenvalue weighted by Crippen LogP contribution is -2.35. The Balaban J connectivity index is 2.22. The molecular formula is C5H9P3S6. The Labute approximate surface area is 111 Å². The summed E-state index contributed by atoms with van der Waals surface area (Å²) in [5, 5.41) is 0. The molecule has 4 fully saturated rings. The van der Waals surface area contributed by atoms with Crippen molar-refractivity contribution < 1.29 is 0 Å². The topological polar surface area (TPSA) is 0 Å². The molecule has 4 saturated heterocycles. The molecule has 0 aromatic heterocycles. The van der Waals surface area contributed by atoms with E-state index in [4.69, 9.17) is 35.4 Å². The molecule has 9 heteroatoms. The van der Waals surface area contributed by atoms with Crippen LogP contribution in [0.1, 0.15) is 6.92 Å². The van der Waals surface area contributed by atoms with Crippen molar-refractivity contribution in [1.29, 1.82) is 0 Å². The molecule has 0 amide bonds. The van der Waals surface area contributed by atoms with Crippen molar-refractivity contribution >= 4 is 81.7 Å². The second kappa shape index (κ2) is 3.31. The second-order valence-corrected chi connectivity index (χ2v) is 38.4. The van der Waals surface area contributed by atoms with Crippen LogP contribution in [0.5, 0.6) is 0 Å². The van der Waals surface area contributed by atoms with Crippen molar-refractivity contribution in [2.75, 3.05) is 18.5 Å². The van der Waals surface area contributed by atoms with E-state index in [1.54, 1.807) is 0 Å². The Morgan fingerprint density at radius 3 is 1.36 bits per heavy atom. The summed E-state index contributed by atoms with van der Waals surface area (Å²) >= 11 is 23.7. The Morgan fingerprint density at radius 1 is 0.857 bits per heavy atom. The van der Waals surface area contributed by atoms with E-state index in [2.05, 4.69) is 6.92 Å². The minimum atomic E-state index is -1.23. The lowest BCUT2D eigenvalue weighted by molar-refractivity contribution is 0.497. The number of hydrogen-bond donors (Lipinski definition) is 0. The maximum atomic E-state index is 5.85. The van der Waals surface area contributed by atoms with Gasteiger partial charge in [0.2, 0.25) is 0 Å². The number of rotatable bonds is 0. The van der Waals surface area contributed by atoms with E-state index in [9.17, 15) is 0 Å². The minimum absolute atomic E-state index is 0.461. The first-order valence-electron chi connectivity index (χ1n) is 4.15. The smallest absolute Gasteiger partial charge is 0.0689 e. The summed E-state index contributed by atoms with van der Waals surface area (Å²) in [6.45, 7) is 2.40. The van der Waals surface area contributed by atoms with Crippen LogP contribution in [-0.4, -0.2) is 18.5 Å². The standard InChI is InChI=1S/C5H9P3S6/c1-5-2-6(9)12-7(10,3-5)14-8(11,4-5)13-6/h2-4H2,1H3. The SMILES string of the molecule is CC12CP3(=S)SP(=S)(C1)SP(=S)(C2)S3. The van der Waals surface area contributed by atoms with Gasteiger partial charge in [-0.25, -0.2) is 0 Å². The highest BCUT2D eigenvalue weighted by Gasteiger charge is 2.59. The molecule has 4 bridgehead atoms. The molecule has 0 spiro atoms. The van der Waals surface area contributed by atoms with E-state index in [0.717, 1.165) is 0 Å².